The van der Waals surface area contributed by atoms with Crippen LogP contribution in [0.3, 0.4) is 0 Å². The Morgan fingerprint density at radius 1 is 1.32 bits per heavy atom. The van der Waals surface area contributed by atoms with Gasteiger partial charge in [0.15, 0.2) is 17.3 Å². The Hall–Kier alpha value is -2.12. The van der Waals surface area contributed by atoms with Gasteiger partial charge in [-0.05, 0) is 17.7 Å². The molecule has 0 aliphatic heterocycles. The Morgan fingerprint density at radius 3 is 2.63 bits per heavy atom. The summed E-state index contributed by atoms with van der Waals surface area (Å²) in [6.45, 7) is -0.203. The Bertz CT molecular complexity index is 556. The molecule has 0 spiro atoms. The summed E-state index contributed by atoms with van der Waals surface area (Å²) in [6.07, 6.45) is 0. The molecule has 0 saturated carbocycles. The third kappa shape index (κ3) is 2.67. The number of hydrogen-bond acceptors (Lipinski definition) is 6. The summed E-state index contributed by atoms with van der Waals surface area (Å²) in [5.41, 5.74) is 6.87. The number of aliphatic hydroxyl groups excluding tert-OH is 1. The van der Waals surface area contributed by atoms with Crippen LogP contribution in [0.1, 0.15) is 23.3 Å². The molecule has 2 rings (SSSR count). The van der Waals surface area contributed by atoms with E-state index in [0.717, 1.165) is 5.56 Å². The first-order chi connectivity index (χ1) is 9.19. The maximum absolute atomic E-state index is 8.94. The minimum absolute atomic E-state index is 0.203. The number of benzene rings is 1. The summed E-state index contributed by atoms with van der Waals surface area (Å²) in [7, 11) is 3.13. The molecular weight excluding hydrogens is 248 g/mol. The lowest BCUT2D eigenvalue weighted by molar-refractivity contribution is 0.271. The van der Waals surface area contributed by atoms with E-state index in [0.29, 0.717) is 23.1 Å². The molecule has 0 aliphatic carbocycles. The van der Waals surface area contributed by atoms with Crippen molar-refractivity contribution < 1.29 is 14.6 Å². The van der Waals surface area contributed by atoms with E-state index < -0.39 is 6.04 Å². The molecule has 4 N–H and O–H groups in total. The third-order valence-corrected chi connectivity index (χ3v) is 2.74. The topological polar surface area (TPSA) is 106 Å². The van der Waals surface area contributed by atoms with E-state index in [4.69, 9.17) is 20.3 Å². The molecule has 1 unspecified atom stereocenters. The van der Waals surface area contributed by atoms with Crippen molar-refractivity contribution in [2.45, 2.75) is 12.6 Å². The van der Waals surface area contributed by atoms with Gasteiger partial charge in [0.1, 0.15) is 12.4 Å². The van der Waals surface area contributed by atoms with Gasteiger partial charge in [-0.1, -0.05) is 6.07 Å². The molecule has 2 aromatic rings. The zero-order valence-electron chi connectivity index (χ0n) is 10.8. The summed E-state index contributed by atoms with van der Waals surface area (Å²) >= 11 is 0. The number of aliphatic hydroxyl groups is 1. The Labute approximate surface area is 110 Å². The summed E-state index contributed by atoms with van der Waals surface area (Å²) in [6, 6.07) is 4.86. The van der Waals surface area contributed by atoms with Crippen LogP contribution in [0.2, 0.25) is 0 Å². The number of nitrogens with zero attached hydrogens (tertiary/aromatic N) is 2. The van der Waals surface area contributed by atoms with Crippen LogP contribution in [0.5, 0.6) is 11.5 Å². The summed E-state index contributed by atoms with van der Waals surface area (Å²) in [4.78, 5) is 4.09. The summed E-state index contributed by atoms with van der Waals surface area (Å²) < 4.78 is 10.4. The molecule has 7 nitrogen and oxygen atoms in total. The molecular formula is C12H16N4O3. The maximum Gasteiger partial charge on any atom is 0.171 e. The quantitative estimate of drug-likeness (QED) is 0.720. The average molecular weight is 264 g/mol. The zero-order valence-corrected chi connectivity index (χ0v) is 10.8. The van der Waals surface area contributed by atoms with Crippen molar-refractivity contribution in [3.05, 3.63) is 35.4 Å². The Morgan fingerprint density at radius 2 is 2.05 bits per heavy atom. The lowest BCUT2D eigenvalue weighted by Gasteiger charge is -2.12. The van der Waals surface area contributed by atoms with E-state index in [2.05, 4.69) is 15.2 Å². The lowest BCUT2D eigenvalue weighted by atomic mass is 10.1. The molecule has 0 fully saturated rings. The molecule has 1 atom stereocenters. The predicted octanol–water partition coefficient (Wildman–Crippen LogP) is 0.362. The molecule has 0 bridgehead atoms. The molecule has 0 amide bonds. The van der Waals surface area contributed by atoms with Crippen LogP contribution in [0.4, 0.5) is 0 Å². The second kappa shape index (κ2) is 5.68. The van der Waals surface area contributed by atoms with Gasteiger partial charge in [-0.15, -0.1) is 0 Å². The third-order valence-electron chi connectivity index (χ3n) is 2.74. The number of H-pyrrole nitrogens is 1. The molecule has 7 heteroatoms. The second-order valence-electron chi connectivity index (χ2n) is 3.89. The largest absolute Gasteiger partial charge is 0.493 e. The second-order valence-corrected chi connectivity index (χ2v) is 3.89. The highest BCUT2D eigenvalue weighted by Crippen LogP contribution is 2.30. The van der Waals surface area contributed by atoms with Crippen LogP contribution >= 0.6 is 0 Å². The number of aromatic amines is 1. The van der Waals surface area contributed by atoms with Crippen LogP contribution in [0, 0.1) is 0 Å². The average Bonchev–Trinajstić information content (AvgIpc) is 2.94. The minimum atomic E-state index is -0.503. The Kier molecular flexibility index (Phi) is 3.98. The van der Waals surface area contributed by atoms with Crippen molar-refractivity contribution in [2.24, 2.45) is 5.73 Å². The number of nitrogens with two attached hydrogens (primary N) is 1. The smallest absolute Gasteiger partial charge is 0.171 e. The van der Waals surface area contributed by atoms with E-state index in [1.54, 1.807) is 26.4 Å². The van der Waals surface area contributed by atoms with E-state index in [1.807, 2.05) is 6.07 Å². The molecule has 102 valence electrons. The molecule has 0 aliphatic rings. The van der Waals surface area contributed by atoms with Gasteiger partial charge in [-0.2, -0.15) is 5.10 Å². The van der Waals surface area contributed by atoms with E-state index in [-0.39, 0.29) is 6.61 Å². The van der Waals surface area contributed by atoms with Crippen molar-refractivity contribution in [3.8, 4) is 11.5 Å². The van der Waals surface area contributed by atoms with E-state index in [1.165, 1.54) is 0 Å². The van der Waals surface area contributed by atoms with Gasteiger partial charge in [-0.3, -0.25) is 5.10 Å². The number of rotatable bonds is 5. The van der Waals surface area contributed by atoms with Crippen molar-refractivity contribution in [3.63, 3.8) is 0 Å². The minimum Gasteiger partial charge on any atom is -0.493 e. The van der Waals surface area contributed by atoms with Crippen LogP contribution in [0.15, 0.2) is 18.2 Å². The number of ether oxygens (including phenoxy) is 2. The van der Waals surface area contributed by atoms with E-state index >= 15 is 0 Å². The molecule has 1 aromatic heterocycles. The van der Waals surface area contributed by atoms with Crippen LogP contribution < -0.4 is 15.2 Å². The fraction of sp³-hybridized carbons (Fsp3) is 0.333. The first kappa shape index (κ1) is 13.3. The monoisotopic (exact) mass is 264 g/mol. The zero-order chi connectivity index (χ0) is 13.8. The van der Waals surface area contributed by atoms with Gasteiger partial charge in [-0.25, -0.2) is 4.98 Å². The normalized spacial score (nSPS) is 12.2. The fourth-order valence-electron chi connectivity index (χ4n) is 1.72. The van der Waals surface area contributed by atoms with Gasteiger partial charge >= 0.3 is 0 Å². The lowest BCUT2D eigenvalue weighted by Crippen LogP contribution is -2.14. The highest BCUT2D eigenvalue weighted by Gasteiger charge is 2.16. The summed E-state index contributed by atoms with van der Waals surface area (Å²) in [5, 5.41) is 15.5. The van der Waals surface area contributed by atoms with Crippen molar-refractivity contribution >= 4 is 0 Å². The van der Waals surface area contributed by atoms with Gasteiger partial charge in [0.05, 0.1) is 20.3 Å². The highest BCUT2D eigenvalue weighted by atomic mass is 16.5. The van der Waals surface area contributed by atoms with Crippen molar-refractivity contribution in [1.82, 2.24) is 15.2 Å². The molecule has 0 radical (unpaired) electrons. The Balaban J connectivity index is 2.30. The van der Waals surface area contributed by atoms with Crippen LogP contribution in [-0.4, -0.2) is 34.5 Å². The van der Waals surface area contributed by atoms with Crippen molar-refractivity contribution in [2.75, 3.05) is 14.2 Å². The number of aromatic nitrogens is 3. The molecule has 19 heavy (non-hydrogen) atoms. The van der Waals surface area contributed by atoms with Crippen LogP contribution in [0.25, 0.3) is 0 Å². The van der Waals surface area contributed by atoms with Crippen molar-refractivity contribution in [1.29, 1.82) is 0 Å². The van der Waals surface area contributed by atoms with Crippen LogP contribution in [-0.2, 0) is 6.61 Å². The molecule has 0 saturated heterocycles. The first-order valence-electron chi connectivity index (χ1n) is 5.69. The predicted molar refractivity (Wildman–Crippen MR) is 67.9 cm³/mol. The maximum atomic E-state index is 8.94. The van der Waals surface area contributed by atoms with Gasteiger partial charge in [0.25, 0.3) is 0 Å². The first-order valence-corrected chi connectivity index (χ1v) is 5.69. The number of methoxy groups -OCH3 is 2. The molecule has 1 aromatic carbocycles. The van der Waals surface area contributed by atoms with Gasteiger partial charge in [0.2, 0.25) is 0 Å². The SMILES string of the molecule is COc1ccc(C(N)c2n[nH]c(CO)n2)cc1OC. The number of hydrogen-bond donors (Lipinski definition) is 3. The van der Waals surface area contributed by atoms with Gasteiger partial charge in [0, 0.05) is 0 Å². The fourth-order valence-corrected chi connectivity index (χ4v) is 1.72. The standard InChI is InChI=1S/C12H16N4O3/c1-18-8-4-3-7(5-9(8)19-2)11(13)12-14-10(6-17)15-16-12/h3-5,11,17H,6,13H2,1-2H3,(H,14,15,16). The van der Waals surface area contributed by atoms with Gasteiger partial charge < -0.3 is 20.3 Å². The number of nitrogens with one attached hydrogen (secondary N) is 1. The van der Waals surface area contributed by atoms with E-state index in [9.17, 15) is 0 Å². The highest BCUT2D eigenvalue weighted by molar-refractivity contribution is 5.44. The summed E-state index contributed by atoms with van der Waals surface area (Å²) in [5.74, 6) is 2.01. The molecule has 1 heterocycles.